The van der Waals surface area contributed by atoms with Gasteiger partial charge in [-0.3, -0.25) is 4.79 Å². The lowest BCUT2D eigenvalue weighted by Gasteiger charge is -2.13. The quantitative estimate of drug-likeness (QED) is 0.383. The highest BCUT2D eigenvalue weighted by molar-refractivity contribution is 6.31. The van der Waals surface area contributed by atoms with Gasteiger partial charge in [0.1, 0.15) is 23.9 Å². The first-order valence-electron chi connectivity index (χ1n) is 10.3. The molecule has 0 N–H and O–H groups in total. The van der Waals surface area contributed by atoms with E-state index in [1.807, 2.05) is 0 Å². The Kier molecular flexibility index (Phi) is 6.65. The molecule has 34 heavy (non-hydrogen) atoms. The molecule has 0 bridgehead atoms. The minimum absolute atomic E-state index is 0.140. The average Bonchev–Trinajstić information content (AvgIpc) is 3.14. The van der Waals surface area contributed by atoms with E-state index in [9.17, 15) is 9.18 Å². The van der Waals surface area contributed by atoms with Crippen LogP contribution in [-0.2, 0) is 6.61 Å². The smallest absolute Gasteiger partial charge is 0.231 e. The summed E-state index contributed by atoms with van der Waals surface area (Å²) in [4.78, 5) is 13.0. The van der Waals surface area contributed by atoms with Gasteiger partial charge in [-0.05, 0) is 55.0 Å². The second kappa shape index (κ2) is 9.65. The molecule has 6 nitrogen and oxygen atoms in total. The molecule has 0 saturated carbocycles. The molecular formula is C26H22ClFO6. The fourth-order valence-corrected chi connectivity index (χ4v) is 3.88. The third-order valence-electron chi connectivity index (χ3n) is 5.42. The van der Waals surface area contributed by atoms with E-state index in [1.165, 1.54) is 33.5 Å². The number of carbonyl (C=O) groups is 1. The van der Waals surface area contributed by atoms with Crippen molar-refractivity contribution >= 4 is 23.5 Å². The fourth-order valence-electron chi connectivity index (χ4n) is 3.65. The summed E-state index contributed by atoms with van der Waals surface area (Å²) in [5.74, 6) is 1.82. The Morgan fingerprint density at radius 1 is 0.971 bits per heavy atom. The number of halogens is 2. The van der Waals surface area contributed by atoms with Crippen LogP contribution in [0.15, 0.2) is 48.2 Å². The Morgan fingerprint density at radius 2 is 1.68 bits per heavy atom. The minimum atomic E-state index is -0.416. The number of methoxy groups -OCH3 is 3. The van der Waals surface area contributed by atoms with Gasteiger partial charge < -0.3 is 23.7 Å². The van der Waals surface area contributed by atoms with E-state index in [0.717, 1.165) is 0 Å². The molecule has 0 unspecified atom stereocenters. The molecule has 0 aromatic heterocycles. The highest BCUT2D eigenvalue weighted by Gasteiger charge is 2.30. The maximum absolute atomic E-state index is 13.3. The summed E-state index contributed by atoms with van der Waals surface area (Å²) in [5.41, 5.74) is 2.38. The van der Waals surface area contributed by atoms with Crippen LogP contribution in [0.5, 0.6) is 28.7 Å². The van der Waals surface area contributed by atoms with E-state index in [0.29, 0.717) is 51.0 Å². The van der Waals surface area contributed by atoms with Gasteiger partial charge in [0.05, 0.1) is 31.9 Å². The van der Waals surface area contributed by atoms with Gasteiger partial charge in [-0.1, -0.05) is 17.7 Å². The summed E-state index contributed by atoms with van der Waals surface area (Å²) in [5, 5.41) is 0.279. The van der Waals surface area contributed by atoms with Crippen molar-refractivity contribution in [2.75, 3.05) is 21.3 Å². The molecule has 0 aliphatic carbocycles. The van der Waals surface area contributed by atoms with Crippen LogP contribution in [-0.4, -0.2) is 27.1 Å². The van der Waals surface area contributed by atoms with Crippen LogP contribution >= 0.6 is 11.6 Å². The number of fused-ring (bicyclic) bond motifs is 1. The van der Waals surface area contributed by atoms with Gasteiger partial charge in [-0.25, -0.2) is 4.39 Å². The number of benzene rings is 3. The van der Waals surface area contributed by atoms with Crippen LogP contribution in [0, 0.1) is 12.7 Å². The molecule has 0 saturated heterocycles. The lowest BCUT2D eigenvalue weighted by atomic mass is 10.1. The SMILES string of the molecule is COc1cc(/C=C2\Oc3c(ccc(OCc4ccc(F)cc4Cl)c3C)C2=O)cc(OC)c1OC. The monoisotopic (exact) mass is 484 g/mol. The summed E-state index contributed by atoms with van der Waals surface area (Å²) >= 11 is 6.08. The van der Waals surface area contributed by atoms with Gasteiger partial charge in [0.15, 0.2) is 17.3 Å². The second-order valence-corrected chi connectivity index (χ2v) is 7.90. The number of carbonyl (C=O) groups excluding carboxylic acids is 1. The lowest BCUT2D eigenvalue weighted by Crippen LogP contribution is -1.99. The highest BCUT2D eigenvalue weighted by Crippen LogP contribution is 2.42. The van der Waals surface area contributed by atoms with Crippen molar-refractivity contribution < 1.29 is 32.9 Å². The lowest BCUT2D eigenvalue weighted by molar-refractivity contribution is 0.101. The van der Waals surface area contributed by atoms with Gasteiger partial charge in [-0.2, -0.15) is 0 Å². The molecule has 4 rings (SSSR count). The van der Waals surface area contributed by atoms with Crippen molar-refractivity contribution in [3.05, 3.63) is 81.3 Å². The Labute approximate surface area is 201 Å². The molecule has 1 aliphatic rings. The zero-order chi connectivity index (χ0) is 24.4. The van der Waals surface area contributed by atoms with E-state index >= 15 is 0 Å². The molecule has 8 heteroatoms. The van der Waals surface area contributed by atoms with Gasteiger partial charge >= 0.3 is 0 Å². The van der Waals surface area contributed by atoms with Crippen molar-refractivity contribution in [2.45, 2.75) is 13.5 Å². The minimum Gasteiger partial charge on any atom is -0.493 e. The first-order valence-corrected chi connectivity index (χ1v) is 10.7. The third-order valence-corrected chi connectivity index (χ3v) is 5.77. The molecule has 0 spiro atoms. The number of ether oxygens (including phenoxy) is 5. The van der Waals surface area contributed by atoms with Crippen LogP contribution in [0.25, 0.3) is 6.08 Å². The van der Waals surface area contributed by atoms with Gasteiger partial charge in [-0.15, -0.1) is 0 Å². The molecule has 3 aromatic rings. The van der Waals surface area contributed by atoms with Crippen molar-refractivity contribution in [2.24, 2.45) is 0 Å². The van der Waals surface area contributed by atoms with Gasteiger partial charge in [0, 0.05) is 11.1 Å². The maximum Gasteiger partial charge on any atom is 0.231 e. The van der Waals surface area contributed by atoms with Crippen molar-refractivity contribution in [1.82, 2.24) is 0 Å². The average molecular weight is 485 g/mol. The predicted octanol–water partition coefficient (Wildman–Crippen LogP) is 6.01. The zero-order valence-electron chi connectivity index (χ0n) is 19.0. The molecule has 1 aliphatic heterocycles. The first kappa shape index (κ1) is 23.4. The van der Waals surface area contributed by atoms with E-state index in [1.54, 1.807) is 43.3 Å². The Morgan fingerprint density at radius 3 is 2.29 bits per heavy atom. The van der Waals surface area contributed by atoms with Crippen LogP contribution in [0.3, 0.4) is 0 Å². The van der Waals surface area contributed by atoms with E-state index < -0.39 is 5.82 Å². The molecule has 176 valence electrons. The number of hydrogen-bond acceptors (Lipinski definition) is 6. The summed E-state index contributed by atoms with van der Waals surface area (Å²) < 4.78 is 41.2. The number of Topliss-reactive ketones (excluding diaryl/α,β-unsaturated/α-hetero) is 1. The zero-order valence-corrected chi connectivity index (χ0v) is 19.8. The molecule has 3 aromatic carbocycles. The first-order chi connectivity index (χ1) is 16.4. The predicted molar refractivity (Wildman–Crippen MR) is 126 cm³/mol. The van der Waals surface area contributed by atoms with Gasteiger partial charge in [0.25, 0.3) is 0 Å². The van der Waals surface area contributed by atoms with E-state index in [2.05, 4.69) is 0 Å². The van der Waals surface area contributed by atoms with E-state index in [4.69, 9.17) is 35.3 Å². The number of rotatable bonds is 7. The Bertz CT molecular complexity index is 1280. The van der Waals surface area contributed by atoms with Crippen molar-refractivity contribution in [1.29, 1.82) is 0 Å². The topological polar surface area (TPSA) is 63.2 Å². The Hall–Kier alpha value is -3.71. The molecular weight excluding hydrogens is 463 g/mol. The summed E-state index contributed by atoms with van der Waals surface area (Å²) in [7, 11) is 4.56. The molecule has 0 radical (unpaired) electrons. The number of allylic oxidation sites excluding steroid dienone is 1. The summed E-state index contributed by atoms with van der Waals surface area (Å²) in [6.45, 7) is 1.94. The number of hydrogen-bond donors (Lipinski definition) is 0. The normalized spacial score (nSPS) is 13.5. The highest BCUT2D eigenvalue weighted by atomic mass is 35.5. The molecule has 0 fully saturated rings. The largest absolute Gasteiger partial charge is 0.493 e. The van der Waals surface area contributed by atoms with Crippen LogP contribution in [0.2, 0.25) is 5.02 Å². The Balaban J connectivity index is 1.61. The van der Waals surface area contributed by atoms with Gasteiger partial charge in [0.2, 0.25) is 11.5 Å². The molecule has 0 atom stereocenters. The van der Waals surface area contributed by atoms with Crippen LogP contribution in [0.4, 0.5) is 4.39 Å². The maximum atomic E-state index is 13.3. The van der Waals surface area contributed by atoms with Crippen molar-refractivity contribution in [3.8, 4) is 28.7 Å². The summed E-state index contributed by atoms with van der Waals surface area (Å²) in [6.07, 6.45) is 1.62. The number of ketones is 1. The summed E-state index contributed by atoms with van der Waals surface area (Å²) in [6, 6.07) is 10.9. The standard InChI is InChI=1S/C26H22ClFO6/c1-14-20(33-13-16-5-6-17(28)12-19(16)27)8-7-18-24(29)21(34-25(14)18)9-15-10-22(30-2)26(32-4)23(11-15)31-3/h5-12H,13H2,1-4H3/b21-9-. The fraction of sp³-hybridized carbons (Fsp3) is 0.192. The third kappa shape index (κ3) is 4.39. The van der Waals surface area contributed by atoms with Crippen molar-refractivity contribution in [3.63, 3.8) is 0 Å². The van der Waals surface area contributed by atoms with E-state index in [-0.39, 0.29) is 23.2 Å². The van der Waals surface area contributed by atoms with Crippen LogP contribution < -0.4 is 23.7 Å². The second-order valence-electron chi connectivity index (χ2n) is 7.49. The molecule has 0 amide bonds. The van der Waals surface area contributed by atoms with Crippen LogP contribution in [0.1, 0.15) is 27.0 Å². The molecule has 1 heterocycles.